The lowest BCUT2D eigenvalue weighted by Crippen LogP contribution is -2.13. The number of thiophene rings is 1. The van der Waals surface area contributed by atoms with Crippen molar-refractivity contribution in [3.05, 3.63) is 143 Å². The van der Waals surface area contributed by atoms with Crippen molar-refractivity contribution in [3.63, 3.8) is 0 Å². The van der Waals surface area contributed by atoms with Crippen LogP contribution in [-0.2, 0) is 6.61 Å². The van der Waals surface area contributed by atoms with Gasteiger partial charge >= 0.3 is 5.97 Å². The number of aliphatic hydroxyl groups is 1. The molecule has 48 heavy (non-hydrogen) atoms. The number of carboxylic acids is 1. The van der Waals surface area contributed by atoms with Crippen molar-refractivity contribution in [2.24, 2.45) is 0 Å². The first-order valence-electron chi connectivity index (χ1n) is 14.8. The lowest BCUT2D eigenvalue weighted by Gasteiger charge is -2.06. The van der Waals surface area contributed by atoms with Crippen molar-refractivity contribution in [2.75, 3.05) is 5.32 Å². The molecule has 0 saturated carbocycles. The van der Waals surface area contributed by atoms with Crippen molar-refractivity contribution in [1.29, 1.82) is 0 Å². The highest BCUT2D eigenvalue weighted by molar-refractivity contribution is 9.11. The van der Waals surface area contributed by atoms with Crippen LogP contribution in [0.15, 0.2) is 135 Å². The number of rotatable bonds is 8. The third-order valence-corrected chi connectivity index (χ3v) is 7.09. The molecule has 3 aromatic heterocycles. The molecule has 8 nitrogen and oxygen atoms in total. The van der Waals surface area contributed by atoms with Gasteiger partial charge in [-0.05, 0) is 47.3 Å². The van der Waals surface area contributed by atoms with Crippen LogP contribution >= 0.6 is 27.3 Å². The Morgan fingerprint density at radius 2 is 1.65 bits per heavy atom. The van der Waals surface area contributed by atoms with Crippen LogP contribution in [0.5, 0.6) is 5.75 Å². The number of aliphatic hydroxyl groups excluding tert-OH is 1. The number of halogens is 1. The molecule has 3 N–H and O–H groups in total. The normalized spacial score (nSPS) is 10.2. The van der Waals surface area contributed by atoms with Gasteiger partial charge in [-0.15, -0.1) is 11.3 Å². The smallest absolute Gasteiger partial charge is 0.339 e. The summed E-state index contributed by atoms with van der Waals surface area (Å²) in [5.74, 6) is -0.701. The van der Waals surface area contributed by atoms with E-state index in [1.54, 1.807) is 23.6 Å². The maximum Gasteiger partial charge on any atom is 0.339 e. The number of amides is 1. The Hall–Kier alpha value is -5.32. The molecule has 248 valence electrons. The Morgan fingerprint density at radius 1 is 0.979 bits per heavy atom. The summed E-state index contributed by atoms with van der Waals surface area (Å²) in [6.45, 7) is 13.0. The monoisotopic (exact) mass is 729 g/mol. The van der Waals surface area contributed by atoms with Gasteiger partial charge in [-0.1, -0.05) is 110 Å². The molecule has 0 atom stereocenters. The molecule has 0 spiro atoms. The molecule has 1 amide bonds. The molecular formula is C38H36BrNO7S. The summed E-state index contributed by atoms with van der Waals surface area (Å²) in [7, 11) is 0. The number of benzene rings is 3. The number of allylic oxidation sites excluding steroid dienone is 3. The van der Waals surface area contributed by atoms with E-state index in [2.05, 4.69) is 34.4 Å². The van der Waals surface area contributed by atoms with Crippen LogP contribution < -0.4 is 10.1 Å². The molecule has 0 unspecified atom stereocenters. The molecule has 0 aliphatic carbocycles. The van der Waals surface area contributed by atoms with E-state index in [0.29, 0.717) is 34.2 Å². The Balaban J connectivity index is 0.000000500. The number of ether oxygens (including phenoxy) is 1. The van der Waals surface area contributed by atoms with Gasteiger partial charge in [-0.3, -0.25) is 4.79 Å². The second kappa shape index (κ2) is 18.7. The van der Waals surface area contributed by atoms with Crippen molar-refractivity contribution in [1.82, 2.24) is 0 Å². The first-order chi connectivity index (χ1) is 23.2. The summed E-state index contributed by atoms with van der Waals surface area (Å²) in [6, 6.07) is 26.0. The minimum absolute atomic E-state index is 0.0553. The fourth-order valence-corrected chi connectivity index (χ4v) is 5.12. The van der Waals surface area contributed by atoms with Gasteiger partial charge in [0.05, 0.1) is 16.8 Å². The van der Waals surface area contributed by atoms with Crippen molar-refractivity contribution in [3.8, 4) is 16.4 Å². The molecule has 10 heteroatoms. The van der Waals surface area contributed by atoms with E-state index in [1.807, 2.05) is 87.5 Å². The number of carboxylic acid groups (broad SMARTS) is 1. The lowest BCUT2D eigenvalue weighted by atomic mass is 10.1. The first kappa shape index (κ1) is 37.1. The Bertz CT molecular complexity index is 1970. The number of hydrogen-bond acceptors (Lipinski definition) is 7. The number of anilines is 1. The van der Waals surface area contributed by atoms with E-state index in [0.717, 1.165) is 27.1 Å². The van der Waals surface area contributed by atoms with Crippen LogP contribution in [0, 0.1) is 0 Å². The third kappa shape index (κ3) is 10.1. The highest BCUT2D eigenvalue weighted by Gasteiger charge is 2.25. The number of fused-ring (bicyclic) bond motifs is 2. The van der Waals surface area contributed by atoms with E-state index in [9.17, 15) is 14.7 Å². The van der Waals surface area contributed by atoms with Crippen molar-refractivity contribution in [2.45, 2.75) is 27.4 Å². The highest BCUT2D eigenvalue weighted by Crippen LogP contribution is 2.41. The van der Waals surface area contributed by atoms with Crippen LogP contribution in [0.4, 0.5) is 5.69 Å². The number of carbonyl (C=O) groups excluding carboxylic acids is 1. The Kier molecular flexibility index (Phi) is 14.5. The molecule has 0 radical (unpaired) electrons. The van der Waals surface area contributed by atoms with E-state index in [1.165, 1.54) is 23.5 Å². The van der Waals surface area contributed by atoms with Crippen LogP contribution in [0.25, 0.3) is 32.6 Å². The highest BCUT2D eigenvalue weighted by atomic mass is 79.9. The number of furan rings is 2. The van der Waals surface area contributed by atoms with E-state index in [4.69, 9.17) is 18.7 Å². The second-order valence-corrected chi connectivity index (χ2v) is 11.8. The van der Waals surface area contributed by atoms with Crippen LogP contribution in [0.1, 0.15) is 47.2 Å². The molecule has 0 aliphatic heterocycles. The summed E-state index contributed by atoms with van der Waals surface area (Å²) in [4.78, 5) is 25.5. The molecule has 0 saturated heterocycles. The minimum Gasteiger partial charge on any atom is -0.516 e. The van der Waals surface area contributed by atoms with Gasteiger partial charge in [0.2, 0.25) is 0 Å². The van der Waals surface area contributed by atoms with Gasteiger partial charge in [0, 0.05) is 16.2 Å². The Morgan fingerprint density at radius 3 is 2.27 bits per heavy atom. The van der Waals surface area contributed by atoms with Gasteiger partial charge in [0.15, 0.2) is 17.1 Å². The largest absolute Gasteiger partial charge is 0.516 e. The Labute approximate surface area is 291 Å². The maximum atomic E-state index is 12.8. The molecule has 3 heterocycles. The van der Waals surface area contributed by atoms with Crippen molar-refractivity contribution >= 4 is 66.8 Å². The second-order valence-electron chi connectivity index (χ2n) is 9.57. The number of nitrogens with one attached hydrogen (secondary N) is 1. The first-order valence-corrected chi connectivity index (χ1v) is 16.5. The van der Waals surface area contributed by atoms with Gasteiger partial charge in [0.1, 0.15) is 23.5 Å². The zero-order valence-corrected chi connectivity index (χ0v) is 29.1. The number of aromatic carboxylic acids is 1. The average molecular weight is 731 g/mol. The van der Waals surface area contributed by atoms with Gasteiger partial charge in [-0.25, -0.2) is 4.79 Å². The number of carbonyl (C=O) groups is 2. The lowest BCUT2D eigenvalue weighted by molar-refractivity contribution is 0.0699. The van der Waals surface area contributed by atoms with E-state index < -0.39 is 11.9 Å². The number of hydrogen-bond donors (Lipinski definition) is 3. The zero-order chi connectivity index (χ0) is 35.1. The SMILES string of the molecule is C=C(C)Br.C=C/C=C/O.CC.O=C(Nc1csc(-c2cc3cccc(OCc4ccccc4)c3o2)c1C(=O)O)c1cc2ccccc2o1. The summed E-state index contributed by atoms with van der Waals surface area (Å²) in [6.07, 6.45) is 3.88. The standard InChI is InChI=1S/C29H19NO6S.C4H6O.C3H5Br.C2H6/c31-28(24-13-18-9-4-5-11-21(18)35-24)30-20-16-37-27(25(20)29(32)33)23-14-19-10-6-12-22(26(19)36-23)34-15-17-7-2-1-3-8-17;1-2-3-4-5;1-3(2)4;1-2/h1-14,16H,15H2,(H,30,31)(H,32,33);2-5H,1H2;1H2,2H3;1-2H3/b;4-3+;;. The maximum absolute atomic E-state index is 12.8. The average Bonchev–Trinajstić information content (AvgIpc) is 3.82. The molecule has 6 rings (SSSR count). The summed E-state index contributed by atoms with van der Waals surface area (Å²) in [5.41, 5.74) is 2.22. The molecule has 0 aliphatic rings. The van der Waals surface area contributed by atoms with Crippen LogP contribution in [0.2, 0.25) is 0 Å². The topological polar surface area (TPSA) is 122 Å². The summed E-state index contributed by atoms with van der Waals surface area (Å²) < 4.78 is 18.7. The fraction of sp³-hybridized carbons (Fsp3) is 0.105. The van der Waals surface area contributed by atoms with E-state index >= 15 is 0 Å². The molecule has 0 bridgehead atoms. The fourth-order valence-electron chi connectivity index (χ4n) is 4.18. The van der Waals surface area contributed by atoms with Gasteiger partial charge < -0.3 is 29.1 Å². The molecule has 3 aromatic carbocycles. The van der Waals surface area contributed by atoms with E-state index in [-0.39, 0.29) is 17.0 Å². The molecule has 6 aromatic rings. The predicted octanol–water partition coefficient (Wildman–Crippen LogP) is 11.6. The summed E-state index contributed by atoms with van der Waals surface area (Å²) >= 11 is 4.25. The molecule has 0 fully saturated rings. The predicted molar refractivity (Wildman–Crippen MR) is 198 cm³/mol. The van der Waals surface area contributed by atoms with Crippen LogP contribution in [0.3, 0.4) is 0 Å². The molecular weight excluding hydrogens is 694 g/mol. The van der Waals surface area contributed by atoms with Crippen molar-refractivity contribution < 1.29 is 33.4 Å². The zero-order valence-electron chi connectivity index (χ0n) is 26.7. The number of para-hydroxylation sites is 2. The van der Waals surface area contributed by atoms with Crippen LogP contribution in [-0.4, -0.2) is 22.1 Å². The van der Waals surface area contributed by atoms with Gasteiger partial charge in [0.25, 0.3) is 5.91 Å². The van der Waals surface area contributed by atoms with Gasteiger partial charge in [-0.2, -0.15) is 0 Å². The quantitative estimate of drug-likeness (QED) is 0.105. The summed E-state index contributed by atoms with van der Waals surface area (Å²) in [5, 5.41) is 23.6. The third-order valence-electron chi connectivity index (χ3n) is 6.09. The minimum atomic E-state index is -1.18.